The lowest BCUT2D eigenvalue weighted by Crippen LogP contribution is -2.33. The minimum atomic E-state index is -0.312. The average molecular weight is 444 g/mol. The van der Waals surface area contributed by atoms with Gasteiger partial charge in [0, 0.05) is 17.8 Å². The Balaban J connectivity index is 1.26. The number of likely N-dealkylation sites (tertiary alicyclic amines) is 1. The molecule has 0 aromatic heterocycles. The summed E-state index contributed by atoms with van der Waals surface area (Å²) in [5.74, 6) is 0.790. The van der Waals surface area contributed by atoms with E-state index in [1.165, 1.54) is 5.56 Å². The molecule has 2 aliphatic rings. The number of ether oxygens (including phenoxy) is 2. The molecular weight excluding hydrogens is 418 g/mol. The highest BCUT2D eigenvalue weighted by atomic mass is 16.7. The lowest BCUT2D eigenvalue weighted by atomic mass is 10.0. The number of hydrogen-bond donors (Lipinski definition) is 2. The summed E-state index contributed by atoms with van der Waals surface area (Å²) in [4.78, 5) is 28.0. The van der Waals surface area contributed by atoms with Gasteiger partial charge < -0.3 is 20.1 Å². The average Bonchev–Trinajstić information content (AvgIpc) is 3.49. The number of para-hydroxylation sites is 1. The van der Waals surface area contributed by atoms with Crippen LogP contribution in [0.25, 0.3) is 0 Å². The normalized spacial score (nSPS) is 17.0. The van der Waals surface area contributed by atoms with Crippen LogP contribution in [0.5, 0.6) is 11.5 Å². The molecule has 2 amide bonds. The Morgan fingerprint density at radius 1 is 0.909 bits per heavy atom. The van der Waals surface area contributed by atoms with E-state index in [0.717, 1.165) is 19.4 Å². The molecule has 2 heterocycles. The molecule has 5 rings (SSSR count). The zero-order chi connectivity index (χ0) is 22.6. The first kappa shape index (κ1) is 21.0. The lowest BCUT2D eigenvalue weighted by Gasteiger charge is -2.24. The number of anilines is 2. The summed E-state index contributed by atoms with van der Waals surface area (Å²) >= 11 is 0. The molecule has 1 atom stereocenters. The minimum absolute atomic E-state index is 0.138. The van der Waals surface area contributed by atoms with E-state index >= 15 is 0 Å². The number of nitrogens with one attached hydrogen (secondary N) is 2. The van der Waals surface area contributed by atoms with E-state index in [4.69, 9.17) is 9.47 Å². The van der Waals surface area contributed by atoms with Crippen molar-refractivity contribution in [3.8, 4) is 11.5 Å². The molecule has 2 aliphatic heterocycles. The van der Waals surface area contributed by atoms with E-state index in [2.05, 4.69) is 27.7 Å². The van der Waals surface area contributed by atoms with E-state index in [0.29, 0.717) is 28.4 Å². The standard InChI is InChI=1S/C26H25N3O4/c30-25(16-29-14-6-11-22(29)18-7-2-1-3-8-18)28-21-10-5-4-9-20(21)26(31)27-19-12-13-23-24(15-19)33-17-32-23/h1-5,7-10,12-13,15,22H,6,11,14,16-17H2,(H,27,31)(H,28,30). The summed E-state index contributed by atoms with van der Waals surface area (Å²) in [5, 5.41) is 5.80. The van der Waals surface area contributed by atoms with E-state index in [1.54, 1.807) is 42.5 Å². The van der Waals surface area contributed by atoms with Gasteiger partial charge in [-0.1, -0.05) is 42.5 Å². The maximum absolute atomic E-state index is 13.0. The Hall–Kier alpha value is -3.84. The fourth-order valence-electron chi connectivity index (χ4n) is 4.41. The molecule has 168 valence electrons. The van der Waals surface area contributed by atoms with Crippen LogP contribution < -0.4 is 20.1 Å². The van der Waals surface area contributed by atoms with Gasteiger partial charge in [0.1, 0.15) is 0 Å². The molecule has 1 saturated heterocycles. The Bertz CT molecular complexity index is 1170. The lowest BCUT2D eigenvalue weighted by molar-refractivity contribution is -0.117. The van der Waals surface area contributed by atoms with Gasteiger partial charge in [-0.3, -0.25) is 14.5 Å². The van der Waals surface area contributed by atoms with Crippen LogP contribution in [-0.2, 0) is 4.79 Å². The zero-order valence-electron chi connectivity index (χ0n) is 18.1. The first-order valence-corrected chi connectivity index (χ1v) is 11.1. The molecule has 0 radical (unpaired) electrons. The fourth-order valence-corrected chi connectivity index (χ4v) is 4.41. The smallest absolute Gasteiger partial charge is 0.257 e. The second-order valence-electron chi connectivity index (χ2n) is 8.16. The van der Waals surface area contributed by atoms with E-state index in [9.17, 15) is 9.59 Å². The van der Waals surface area contributed by atoms with Gasteiger partial charge in [-0.25, -0.2) is 0 Å². The maximum Gasteiger partial charge on any atom is 0.257 e. The summed E-state index contributed by atoms with van der Waals surface area (Å²) in [6.07, 6.45) is 2.09. The van der Waals surface area contributed by atoms with Crippen LogP contribution in [0.1, 0.15) is 34.8 Å². The number of carbonyl (C=O) groups is 2. The van der Waals surface area contributed by atoms with Gasteiger partial charge >= 0.3 is 0 Å². The maximum atomic E-state index is 13.0. The quantitative estimate of drug-likeness (QED) is 0.589. The highest BCUT2D eigenvalue weighted by Gasteiger charge is 2.27. The van der Waals surface area contributed by atoms with Crippen LogP contribution in [0.4, 0.5) is 11.4 Å². The van der Waals surface area contributed by atoms with Gasteiger partial charge in [-0.2, -0.15) is 0 Å². The van der Waals surface area contributed by atoms with E-state index in [1.807, 2.05) is 18.2 Å². The number of carbonyl (C=O) groups excluding carboxylic acids is 2. The second-order valence-corrected chi connectivity index (χ2v) is 8.16. The van der Waals surface area contributed by atoms with Crippen molar-refractivity contribution in [1.29, 1.82) is 0 Å². The summed E-state index contributed by atoms with van der Waals surface area (Å²) in [6, 6.07) is 22.8. The third kappa shape index (κ3) is 4.68. The van der Waals surface area contributed by atoms with Crippen molar-refractivity contribution >= 4 is 23.2 Å². The highest BCUT2D eigenvalue weighted by Crippen LogP contribution is 2.34. The van der Waals surface area contributed by atoms with Gasteiger partial charge in [0.2, 0.25) is 12.7 Å². The Morgan fingerprint density at radius 3 is 2.58 bits per heavy atom. The van der Waals surface area contributed by atoms with Crippen molar-refractivity contribution in [3.05, 3.63) is 83.9 Å². The predicted molar refractivity (Wildman–Crippen MR) is 126 cm³/mol. The summed E-state index contributed by atoms with van der Waals surface area (Å²) < 4.78 is 10.7. The molecule has 3 aromatic carbocycles. The van der Waals surface area contributed by atoms with Crippen LogP contribution in [0.15, 0.2) is 72.8 Å². The van der Waals surface area contributed by atoms with Gasteiger partial charge in [-0.05, 0) is 49.2 Å². The fraction of sp³-hybridized carbons (Fsp3) is 0.231. The largest absolute Gasteiger partial charge is 0.454 e. The molecule has 2 N–H and O–H groups in total. The van der Waals surface area contributed by atoms with Crippen molar-refractivity contribution in [1.82, 2.24) is 4.90 Å². The van der Waals surface area contributed by atoms with Gasteiger partial charge in [-0.15, -0.1) is 0 Å². The third-order valence-corrected chi connectivity index (χ3v) is 5.97. The molecule has 7 nitrogen and oxygen atoms in total. The number of hydrogen-bond acceptors (Lipinski definition) is 5. The Kier molecular flexibility index (Phi) is 5.95. The monoisotopic (exact) mass is 443 g/mol. The molecule has 0 saturated carbocycles. The first-order chi connectivity index (χ1) is 16.2. The van der Waals surface area contributed by atoms with Gasteiger partial charge in [0.15, 0.2) is 11.5 Å². The predicted octanol–water partition coefficient (Wildman–Crippen LogP) is 4.44. The van der Waals surface area contributed by atoms with Gasteiger partial charge in [0.05, 0.1) is 17.8 Å². The number of nitrogens with zero attached hydrogens (tertiary/aromatic N) is 1. The van der Waals surface area contributed by atoms with E-state index in [-0.39, 0.29) is 31.2 Å². The topological polar surface area (TPSA) is 79.9 Å². The molecular formula is C26H25N3O4. The van der Waals surface area contributed by atoms with Crippen LogP contribution in [0, 0.1) is 0 Å². The minimum Gasteiger partial charge on any atom is -0.454 e. The van der Waals surface area contributed by atoms with Crippen molar-refractivity contribution in [2.24, 2.45) is 0 Å². The Morgan fingerprint density at radius 2 is 1.70 bits per heavy atom. The molecule has 0 aliphatic carbocycles. The first-order valence-electron chi connectivity index (χ1n) is 11.1. The molecule has 1 fully saturated rings. The molecule has 3 aromatic rings. The Labute approximate surface area is 192 Å². The zero-order valence-corrected chi connectivity index (χ0v) is 18.1. The van der Waals surface area contributed by atoms with Crippen molar-refractivity contribution in [3.63, 3.8) is 0 Å². The highest BCUT2D eigenvalue weighted by molar-refractivity contribution is 6.10. The van der Waals surface area contributed by atoms with Gasteiger partial charge in [0.25, 0.3) is 5.91 Å². The summed E-state index contributed by atoms with van der Waals surface area (Å²) in [5.41, 5.74) is 2.69. The second kappa shape index (κ2) is 9.34. The molecule has 33 heavy (non-hydrogen) atoms. The van der Waals surface area contributed by atoms with Crippen LogP contribution in [0.3, 0.4) is 0 Å². The molecule has 0 spiro atoms. The van der Waals surface area contributed by atoms with Crippen molar-refractivity contribution in [2.45, 2.75) is 18.9 Å². The SMILES string of the molecule is O=C(CN1CCCC1c1ccccc1)Nc1ccccc1C(=O)Nc1ccc2c(c1)OCO2. The summed E-state index contributed by atoms with van der Waals surface area (Å²) in [7, 11) is 0. The van der Waals surface area contributed by atoms with Crippen LogP contribution in [0.2, 0.25) is 0 Å². The molecule has 1 unspecified atom stereocenters. The number of rotatable bonds is 6. The number of amides is 2. The number of fused-ring (bicyclic) bond motifs is 1. The molecule has 0 bridgehead atoms. The van der Waals surface area contributed by atoms with Crippen LogP contribution >= 0.6 is 0 Å². The van der Waals surface area contributed by atoms with E-state index < -0.39 is 0 Å². The third-order valence-electron chi connectivity index (χ3n) is 5.97. The van der Waals surface area contributed by atoms with Crippen LogP contribution in [-0.4, -0.2) is 36.6 Å². The summed E-state index contributed by atoms with van der Waals surface area (Å²) in [6.45, 7) is 1.32. The number of benzene rings is 3. The van der Waals surface area contributed by atoms with Crippen molar-refractivity contribution in [2.75, 3.05) is 30.5 Å². The molecule has 7 heteroatoms. The van der Waals surface area contributed by atoms with Crippen molar-refractivity contribution < 1.29 is 19.1 Å².